The van der Waals surface area contributed by atoms with Gasteiger partial charge in [0.1, 0.15) is 18.2 Å². The highest BCUT2D eigenvalue weighted by Crippen LogP contribution is 2.20. The Morgan fingerprint density at radius 3 is 2.44 bits per heavy atom. The molecule has 2 aromatic carbocycles. The van der Waals surface area contributed by atoms with Crippen molar-refractivity contribution in [3.05, 3.63) is 89.9 Å². The van der Waals surface area contributed by atoms with Gasteiger partial charge in [-0.05, 0) is 31.2 Å². The Labute approximate surface area is 159 Å². The maximum absolute atomic E-state index is 13.7. The number of aromatic nitrogens is 1. The average Bonchev–Trinajstić information content (AvgIpc) is 2.71. The zero-order valence-corrected chi connectivity index (χ0v) is 15.1. The number of nitrogens with zero attached hydrogens (tertiary/aromatic N) is 1. The van der Waals surface area contributed by atoms with Crippen LogP contribution in [0.2, 0.25) is 0 Å². The molecule has 3 aromatic rings. The van der Waals surface area contributed by atoms with Crippen molar-refractivity contribution in [2.75, 3.05) is 13.2 Å². The summed E-state index contributed by atoms with van der Waals surface area (Å²) in [5, 5.41) is 3.38. The van der Waals surface area contributed by atoms with Crippen molar-refractivity contribution in [2.24, 2.45) is 0 Å². The molecule has 140 valence electrons. The molecular formula is C22H23FN2O2. The topological polar surface area (TPSA) is 43.4 Å². The third-order valence-corrected chi connectivity index (χ3v) is 4.01. The predicted molar refractivity (Wildman–Crippen MR) is 103 cm³/mol. The molecule has 4 nitrogen and oxygen atoms in total. The lowest BCUT2D eigenvalue weighted by molar-refractivity contribution is 0.292. The van der Waals surface area contributed by atoms with Gasteiger partial charge in [0, 0.05) is 29.9 Å². The van der Waals surface area contributed by atoms with Crippen LogP contribution in [0.15, 0.2) is 72.9 Å². The zero-order chi connectivity index (χ0) is 18.7. The molecule has 0 bridgehead atoms. The van der Waals surface area contributed by atoms with E-state index in [0.29, 0.717) is 24.6 Å². The summed E-state index contributed by atoms with van der Waals surface area (Å²) >= 11 is 0. The van der Waals surface area contributed by atoms with Crippen molar-refractivity contribution >= 4 is 0 Å². The first-order valence-electron chi connectivity index (χ1n) is 9.01. The van der Waals surface area contributed by atoms with Gasteiger partial charge in [-0.1, -0.05) is 42.5 Å². The van der Waals surface area contributed by atoms with E-state index in [1.165, 1.54) is 6.07 Å². The molecule has 3 rings (SSSR count). The second kappa shape index (κ2) is 10.3. The van der Waals surface area contributed by atoms with E-state index in [1.807, 2.05) is 48.5 Å². The van der Waals surface area contributed by atoms with Crippen LogP contribution in [-0.2, 0) is 13.2 Å². The lowest BCUT2D eigenvalue weighted by Gasteiger charge is -2.13. The molecule has 0 aliphatic rings. The van der Waals surface area contributed by atoms with Gasteiger partial charge < -0.3 is 14.8 Å². The summed E-state index contributed by atoms with van der Waals surface area (Å²) in [5.41, 5.74) is 1.59. The molecule has 1 heterocycles. The molecule has 0 unspecified atom stereocenters. The number of nitrogens with one attached hydrogen (secondary N) is 1. The van der Waals surface area contributed by atoms with E-state index in [1.54, 1.807) is 18.3 Å². The van der Waals surface area contributed by atoms with Gasteiger partial charge in [-0.2, -0.15) is 0 Å². The van der Waals surface area contributed by atoms with Gasteiger partial charge in [-0.25, -0.2) is 9.37 Å². The minimum absolute atomic E-state index is 0.210. The number of pyridine rings is 1. The largest absolute Gasteiger partial charge is 0.488 e. The molecule has 1 aromatic heterocycles. The first kappa shape index (κ1) is 18.9. The smallest absolute Gasteiger partial charge is 0.213 e. The van der Waals surface area contributed by atoms with Gasteiger partial charge in [-0.15, -0.1) is 0 Å². The third-order valence-electron chi connectivity index (χ3n) is 4.01. The Hall–Kier alpha value is -2.92. The normalized spacial score (nSPS) is 10.6. The summed E-state index contributed by atoms with van der Waals surface area (Å²) < 4.78 is 25.1. The third kappa shape index (κ3) is 6.08. The standard InChI is InChI=1S/C22H23FN2O2/c23-20-10-3-1-9-19(20)17-27-21-11-4-2-8-18(21)16-24-13-7-15-26-22-12-5-6-14-25-22/h1-6,8-12,14,24H,7,13,15-17H2. The number of para-hydroxylation sites is 1. The zero-order valence-electron chi connectivity index (χ0n) is 15.1. The molecule has 0 aliphatic carbocycles. The van der Waals surface area contributed by atoms with Crippen LogP contribution in [0.3, 0.4) is 0 Å². The van der Waals surface area contributed by atoms with Gasteiger partial charge in [0.05, 0.1) is 6.61 Å². The molecule has 0 spiro atoms. The van der Waals surface area contributed by atoms with Crippen LogP contribution in [0, 0.1) is 5.82 Å². The van der Waals surface area contributed by atoms with Crippen LogP contribution < -0.4 is 14.8 Å². The lowest BCUT2D eigenvalue weighted by atomic mass is 10.2. The lowest BCUT2D eigenvalue weighted by Crippen LogP contribution is -2.17. The Balaban J connectivity index is 1.42. The van der Waals surface area contributed by atoms with Crippen molar-refractivity contribution in [3.8, 4) is 11.6 Å². The molecule has 0 atom stereocenters. The number of benzene rings is 2. The molecule has 5 heteroatoms. The fourth-order valence-corrected chi connectivity index (χ4v) is 2.59. The Bertz CT molecular complexity index is 827. The highest BCUT2D eigenvalue weighted by atomic mass is 19.1. The van der Waals surface area contributed by atoms with E-state index in [2.05, 4.69) is 10.3 Å². The van der Waals surface area contributed by atoms with Crippen molar-refractivity contribution in [2.45, 2.75) is 19.6 Å². The van der Waals surface area contributed by atoms with Crippen LogP contribution >= 0.6 is 0 Å². The van der Waals surface area contributed by atoms with E-state index >= 15 is 0 Å². The number of hydrogen-bond acceptors (Lipinski definition) is 4. The SMILES string of the molecule is Fc1ccccc1COc1ccccc1CNCCCOc1ccccn1. The Kier molecular flexibility index (Phi) is 7.18. The van der Waals surface area contributed by atoms with E-state index < -0.39 is 0 Å². The van der Waals surface area contributed by atoms with E-state index in [-0.39, 0.29) is 12.4 Å². The molecular weight excluding hydrogens is 343 g/mol. The maximum atomic E-state index is 13.7. The van der Waals surface area contributed by atoms with Gasteiger partial charge >= 0.3 is 0 Å². The van der Waals surface area contributed by atoms with Crippen molar-refractivity contribution in [1.82, 2.24) is 10.3 Å². The summed E-state index contributed by atoms with van der Waals surface area (Å²) in [6.07, 6.45) is 2.58. The Morgan fingerprint density at radius 1 is 0.852 bits per heavy atom. The summed E-state index contributed by atoms with van der Waals surface area (Å²) in [6.45, 7) is 2.31. The average molecular weight is 366 g/mol. The fraction of sp³-hybridized carbons (Fsp3) is 0.227. The highest BCUT2D eigenvalue weighted by Gasteiger charge is 2.06. The van der Waals surface area contributed by atoms with E-state index in [9.17, 15) is 4.39 Å². The number of halogens is 1. The second-order valence-electron chi connectivity index (χ2n) is 6.03. The monoisotopic (exact) mass is 366 g/mol. The first-order chi connectivity index (χ1) is 13.3. The minimum atomic E-state index is -0.249. The second-order valence-corrected chi connectivity index (χ2v) is 6.03. The number of hydrogen-bond donors (Lipinski definition) is 1. The molecule has 0 saturated heterocycles. The molecule has 0 amide bonds. The van der Waals surface area contributed by atoms with Gasteiger partial charge in [-0.3, -0.25) is 0 Å². The summed E-state index contributed by atoms with van der Waals surface area (Å²) in [5.74, 6) is 1.16. The molecule has 0 radical (unpaired) electrons. The molecule has 27 heavy (non-hydrogen) atoms. The molecule has 0 saturated carbocycles. The van der Waals surface area contributed by atoms with Gasteiger partial charge in [0.2, 0.25) is 5.88 Å². The fourth-order valence-electron chi connectivity index (χ4n) is 2.59. The minimum Gasteiger partial charge on any atom is -0.488 e. The summed E-state index contributed by atoms with van der Waals surface area (Å²) in [6, 6.07) is 20.1. The maximum Gasteiger partial charge on any atom is 0.213 e. The first-order valence-corrected chi connectivity index (χ1v) is 9.01. The van der Waals surface area contributed by atoms with Crippen LogP contribution in [0.1, 0.15) is 17.5 Å². The summed E-state index contributed by atoms with van der Waals surface area (Å²) in [4.78, 5) is 4.12. The summed E-state index contributed by atoms with van der Waals surface area (Å²) in [7, 11) is 0. The van der Waals surface area contributed by atoms with Crippen LogP contribution in [0.4, 0.5) is 4.39 Å². The highest BCUT2D eigenvalue weighted by molar-refractivity contribution is 5.33. The van der Waals surface area contributed by atoms with Gasteiger partial charge in [0.25, 0.3) is 0 Å². The molecule has 0 fully saturated rings. The Morgan fingerprint density at radius 2 is 1.63 bits per heavy atom. The van der Waals surface area contributed by atoms with Gasteiger partial charge in [0.15, 0.2) is 0 Å². The van der Waals surface area contributed by atoms with Crippen LogP contribution in [0.25, 0.3) is 0 Å². The van der Waals surface area contributed by atoms with Crippen LogP contribution in [-0.4, -0.2) is 18.1 Å². The van der Waals surface area contributed by atoms with E-state index in [0.717, 1.165) is 24.3 Å². The van der Waals surface area contributed by atoms with Crippen LogP contribution in [0.5, 0.6) is 11.6 Å². The van der Waals surface area contributed by atoms with Crippen molar-refractivity contribution < 1.29 is 13.9 Å². The van der Waals surface area contributed by atoms with Crippen molar-refractivity contribution in [1.29, 1.82) is 0 Å². The molecule has 1 N–H and O–H groups in total. The van der Waals surface area contributed by atoms with Crippen molar-refractivity contribution in [3.63, 3.8) is 0 Å². The number of rotatable bonds is 10. The predicted octanol–water partition coefficient (Wildman–Crippen LogP) is 4.36. The molecule has 0 aliphatic heterocycles. The number of ether oxygens (including phenoxy) is 2. The van der Waals surface area contributed by atoms with E-state index in [4.69, 9.17) is 9.47 Å². The quantitative estimate of drug-likeness (QED) is 0.542.